The zero-order chi connectivity index (χ0) is 19.8. The molecule has 0 saturated heterocycles. The Kier molecular flexibility index (Phi) is 5.04. The Balaban J connectivity index is 1.97. The summed E-state index contributed by atoms with van der Waals surface area (Å²) in [6, 6.07) is 12.8. The van der Waals surface area contributed by atoms with Crippen LogP contribution in [-0.2, 0) is 11.2 Å². The fourth-order valence-electron chi connectivity index (χ4n) is 3.73. The number of benzene rings is 2. The number of nitrogens with zero attached hydrogens (tertiary/aromatic N) is 2. The van der Waals surface area contributed by atoms with Crippen LogP contribution in [0.3, 0.4) is 0 Å². The largest absolute Gasteiger partial charge is 0.497 e. The topological polar surface area (TPSA) is 64.4 Å². The fourth-order valence-corrected chi connectivity index (χ4v) is 4.22. The summed E-state index contributed by atoms with van der Waals surface area (Å²) in [5.74, 6) is -0.723. The van der Waals surface area contributed by atoms with Crippen molar-refractivity contribution in [2.24, 2.45) is 0 Å². The maximum absolute atomic E-state index is 11.8. The van der Waals surface area contributed by atoms with E-state index in [0.29, 0.717) is 27.8 Å². The highest BCUT2D eigenvalue weighted by Gasteiger charge is 2.33. The lowest BCUT2D eigenvalue weighted by Crippen LogP contribution is -2.17. The zero-order valence-corrected chi connectivity index (χ0v) is 16.7. The van der Waals surface area contributed by atoms with Gasteiger partial charge in [-0.3, -0.25) is 4.79 Å². The summed E-state index contributed by atoms with van der Waals surface area (Å²) in [6.07, 6.45) is 2.15. The van der Waals surface area contributed by atoms with Crippen LogP contribution in [0.1, 0.15) is 30.0 Å². The van der Waals surface area contributed by atoms with Crippen molar-refractivity contribution in [3.05, 3.63) is 63.8 Å². The Labute approximate surface area is 172 Å². The summed E-state index contributed by atoms with van der Waals surface area (Å²) in [6.45, 7) is 0. The fraction of sp³-hybridized carbons (Fsp3) is 0.238. The molecule has 1 aliphatic rings. The normalized spacial score (nSPS) is 15.9. The van der Waals surface area contributed by atoms with Crippen LogP contribution >= 0.6 is 23.2 Å². The first-order valence-corrected chi connectivity index (χ1v) is 9.69. The van der Waals surface area contributed by atoms with Gasteiger partial charge in [0.15, 0.2) is 0 Å². The zero-order valence-electron chi connectivity index (χ0n) is 15.2. The minimum atomic E-state index is -0.853. The summed E-state index contributed by atoms with van der Waals surface area (Å²) >= 11 is 12.5. The molecule has 1 aromatic heterocycles. The number of fused-ring (bicyclic) bond motifs is 1. The molecule has 4 rings (SSSR count). The van der Waals surface area contributed by atoms with Gasteiger partial charge in [-0.1, -0.05) is 23.2 Å². The van der Waals surface area contributed by atoms with Crippen LogP contribution < -0.4 is 4.74 Å². The number of hydrogen-bond donors (Lipinski definition) is 1. The molecule has 1 heterocycles. The molecule has 0 aliphatic heterocycles. The van der Waals surface area contributed by atoms with Gasteiger partial charge in [0.25, 0.3) is 0 Å². The van der Waals surface area contributed by atoms with Crippen molar-refractivity contribution in [3.8, 4) is 22.7 Å². The van der Waals surface area contributed by atoms with Crippen LogP contribution in [0.2, 0.25) is 10.0 Å². The monoisotopic (exact) mass is 416 g/mol. The highest BCUT2D eigenvalue weighted by Crippen LogP contribution is 2.40. The number of carboxylic acid groups (broad SMARTS) is 1. The first-order chi connectivity index (χ1) is 13.5. The van der Waals surface area contributed by atoms with E-state index in [1.165, 1.54) is 0 Å². The van der Waals surface area contributed by atoms with E-state index in [1.807, 2.05) is 24.3 Å². The lowest BCUT2D eigenvalue weighted by Gasteiger charge is -2.18. The average Bonchev–Trinajstić information content (AvgIpc) is 3.07. The van der Waals surface area contributed by atoms with Gasteiger partial charge in [-0.15, -0.1) is 0 Å². The van der Waals surface area contributed by atoms with Crippen molar-refractivity contribution in [2.75, 3.05) is 7.11 Å². The highest BCUT2D eigenvalue weighted by atomic mass is 35.5. The van der Waals surface area contributed by atoms with E-state index in [-0.39, 0.29) is 0 Å². The second-order valence-corrected chi connectivity index (χ2v) is 7.58. The van der Waals surface area contributed by atoms with Crippen molar-refractivity contribution in [3.63, 3.8) is 0 Å². The Morgan fingerprint density at radius 3 is 2.61 bits per heavy atom. The molecule has 0 fully saturated rings. The molecule has 0 saturated carbocycles. The number of carboxylic acids is 1. The third-order valence-corrected chi connectivity index (χ3v) is 5.60. The van der Waals surface area contributed by atoms with E-state index in [9.17, 15) is 9.90 Å². The molecule has 1 N–H and O–H groups in total. The maximum Gasteiger partial charge on any atom is 0.312 e. The molecule has 144 valence electrons. The van der Waals surface area contributed by atoms with Crippen molar-refractivity contribution in [1.29, 1.82) is 0 Å². The number of ether oxygens (including phenoxy) is 1. The van der Waals surface area contributed by atoms with Crippen LogP contribution in [0.15, 0.2) is 42.5 Å². The summed E-state index contributed by atoms with van der Waals surface area (Å²) < 4.78 is 7.00. The van der Waals surface area contributed by atoms with Gasteiger partial charge in [-0.05, 0) is 61.7 Å². The quantitative estimate of drug-likeness (QED) is 0.621. The van der Waals surface area contributed by atoms with E-state index in [1.54, 1.807) is 30.0 Å². The van der Waals surface area contributed by atoms with Gasteiger partial charge in [-0.2, -0.15) is 5.10 Å². The molecule has 7 heteroatoms. The van der Waals surface area contributed by atoms with Crippen molar-refractivity contribution in [2.45, 2.75) is 25.2 Å². The standard InChI is InChI=1S/C21H18Cl2N2O3/c1-28-14-8-5-12(6-9-14)20-15-3-2-4-16(21(26)27)19(15)24-25(20)18-10-7-13(22)11-17(18)23/h5-11,16H,2-4H2,1H3,(H,26,27). The van der Waals surface area contributed by atoms with Crippen LogP contribution in [0.4, 0.5) is 0 Å². The molecule has 0 bridgehead atoms. The van der Waals surface area contributed by atoms with Gasteiger partial charge in [0.1, 0.15) is 11.7 Å². The Hall–Kier alpha value is -2.50. The Morgan fingerprint density at radius 1 is 1.21 bits per heavy atom. The van der Waals surface area contributed by atoms with E-state index >= 15 is 0 Å². The highest BCUT2D eigenvalue weighted by molar-refractivity contribution is 6.35. The molecule has 28 heavy (non-hydrogen) atoms. The molecule has 0 amide bonds. The number of carbonyl (C=O) groups is 1. The molecule has 0 spiro atoms. The molecule has 5 nitrogen and oxygen atoms in total. The van der Waals surface area contributed by atoms with E-state index < -0.39 is 11.9 Å². The number of aliphatic carboxylic acids is 1. The molecular formula is C21H18Cl2N2O3. The van der Waals surface area contributed by atoms with Crippen molar-refractivity contribution in [1.82, 2.24) is 9.78 Å². The molecule has 0 radical (unpaired) electrons. The molecule has 1 atom stereocenters. The minimum Gasteiger partial charge on any atom is -0.497 e. The van der Waals surface area contributed by atoms with Gasteiger partial charge >= 0.3 is 5.97 Å². The lowest BCUT2D eigenvalue weighted by molar-refractivity contribution is -0.139. The molecular weight excluding hydrogens is 399 g/mol. The number of hydrogen-bond acceptors (Lipinski definition) is 3. The summed E-state index contributed by atoms with van der Waals surface area (Å²) in [5.41, 5.74) is 4.00. The summed E-state index contributed by atoms with van der Waals surface area (Å²) in [5, 5.41) is 15.4. The van der Waals surface area contributed by atoms with Gasteiger partial charge in [0, 0.05) is 16.1 Å². The average molecular weight is 417 g/mol. The van der Waals surface area contributed by atoms with E-state index in [4.69, 9.17) is 33.0 Å². The van der Waals surface area contributed by atoms with Gasteiger partial charge in [-0.25, -0.2) is 4.68 Å². The SMILES string of the molecule is COc1ccc(-c2c3c(nn2-c2ccc(Cl)cc2Cl)C(C(=O)O)CCC3)cc1. The third-order valence-electron chi connectivity index (χ3n) is 5.06. The smallest absolute Gasteiger partial charge is 0.312 e. The maximum atomic E-state index is 11.8. The van der Waals surface area contributed by atoms with Crippen LogP contribution in [0, 0.1) is 0 Å². The Morgan fingerprint density at radius 2 is 1.96 bits per heavy atom. The van der Waals surface area contributed by atoms with E-state index in [0.717, 1.165) is 35.4 Å². The molecule has 2 aromatic carbocycles. The van der Waals surface area contributed by atoms with Crippen LogP contribution in [0.5, 0.6) is 5.75 Å². The van der Waals surface area contributed by atoms with Gasteiger partial charge in [0.05, 0.1) is 29.2 Å². The first kappa shape index (κ1) is 18.8. The van der Waals surface area contributed by atoms with Gasteiger partial charge < -0.3 is 9.84 Å². The number of aromatic nitrogens is 2. The molecule has 3 aromatic rings. The predicted molar refractivity (Wildman–Crippen MR) is 109 cm³/mol. The third kappa shape index (κ3) is 3.25. The number of methoxy groups -OCH3 is 1. The van der Waals surface area contributed by atoms with Crippen molar-refractivity contribution >= 4 is 29.2 Å². The summed E-state index contributed by atoms with van der Waals surface area (Å²) in [7, 11) is 1.62. The summed E-state index contributed by atoms with van der Waals surface area (Å²) in [4.78, 5) is 11.8. The Bertz CT molecular complexity index is 1040. The van der Waals surface area contributed by atoms with Crippen LogP contribution in [-0.4, -0.2) is 28.0 Å². The first-order valence-electron chi connectivity index (χ1n) is 8.94. The molecule has 1 unspecified atom stereocenters. The van der Waals surface area contributed by atoms with E-state index in [2.05, 4.69) is 0 Å². The second-order valence-electron chi connectivity index (χ2n) is 6.73. The van der Waals surface area contributed by atoms with Gasteiger partial charge in [0.2, 0.25) is 0 Å². The molecule has 1 aliphatic carbocycles. The predicted octanol–water partition coefficient (Wildman–Crippen LogP) is 5.36. The minimum absolute atomic E-state index is 0.453. The number of halogens is 2. The van der Waals surface area contributed by atoms with Crippen LogP contribution in [0.25, 0.3) is 16.9 Å². The number of rotatable bonds is 4. The second kappa shape index (κ2) is 7.49. The lowest BCUT2D eigenvalue weighted by atomic mass is 9.85. The van der Waals surface area contributed by atoms with Crippen molar-refractivity contribution < 1.29 is 14.6 Å².